The maximum atomic E-state index is 14.6. The summed E-state index contributed by atoms with van der Waals surface area (Å²) < 4.78 is 54.4. The van der Waals surface area contributed by atoms with E-state index in [1.807, 2.05) is 18.2 Å². The van der Waals surface area contributed by atoms with Crippen LogP contribution in [0.5, 0.6) is 0 Å². The number of nitrogens with one attached hydrogen (secondary N) is 2. The molecular weight excluding hydrogens is 462 g/mol. The van der Waals surface area contributed by atoms with Crippen LogP contribution >= 0.6 is 11.3 Å². The van der Waals surface area contributed by atoms with Crippen LogP contribution in [0, 0.1) is 5.82 Å². The Morgan fingerprint density at radius 2 is 1.94 bits per heavy atom. The highest BCUT2D eigenvalue weighted by molar-refractivity contribution is 7.13. The van der Waals surface area contributed by atoms with Gasteiger partial charge in [-0.25, -0.2) is 18.9 Å². The van der Waals surface area contributed by atoms with Crippen molar-refractivity contribution >= 4 is 28.6 Å². The molecule has 0 saturated carbocycles. The van der Waals surface area contributed by atoms with Gasteiger partial charge < -0.3 is 5.32 Å². The number of thiazole rings is 1. The number of aromatic nitrogens is 6. The smallest absolute Gasteiger partial charge is 0.318 e. The van der Waals surface area contributed by atoms with Crippen molar-refractivity contribution < 1.29 is 22.4 Å². The van der Waals surface area contributed by atoms with E-state index in [1.165, 1.54) is 16.8 Å². The van der Waals surface area contributed by atoms with Crippen LogP contribution in [0.1, 0.15) is 16.2 Å². The summed E-state index contributed by atoms with van der Waals surface area (Å²) in [7, 11) is 0. The third-order valence-corrected chi connectivity index (χ3v) is 5.47. The lowest BCUT2D eigenvalue weighted by Gasteiger charge is -2.06. The monoisotopic (exact) mass is 473 g/mol. The quantitative estimate of drug-likeness (QED) is 0.370. The molecule has 0 radical (unpaired) electrons. The molecule has 1 aromatic carbocycles. The van der Waals surface area contributed by atoms with Crippen LogP contribution in [0.25, 0.3) is 27.6 Å². The zero-order valence-corrected chi connectivity index (χ0v) is 17.1. The number of carbonyl (C=O) groups is 1. The molecule has 0 unspecified atom stereocenters. The molecule has 2 N–H and O–H groups in total. The van der Waals surface area contributed by atoms with E-state index >= 15 is 0 Å². The number of nitrogens with zero attached hydrogens (tertiary/aromatic N) is 5. The number of hydrogen-bond acceptors (Lipinski definition) is 6. The van der Waals surface area contributed by atoms with Crippen LogP contribution in [0.15, 0.2) is 54.2 Å². The van der Waals surface area contributed by atoms with E-state index in [1.54, 1.807) is 12.1 Å². The molecule has 166 valence electrons. The standard InChI is InChI=1S/C20H11F4N7OS/c21-12-8-31-15(28-17(30-31)10-4-2-1-3-5-10)6-13(12)26-18(32)16-11(7-25-29-16)19-27-14(9-33-19)20(22,23)24/h1-9H,(H,25,29)(H,26,32). The molecule has 0 fully saturated rings. The fourth-order valence-electron chi connectivity index (χ4n) is 3.04. The number of benzene rings is 1. The summed E-state index contributed by atoms with van der Waals surface area (Å²) in [4.78, 5) is 20.6. The van der Waals surface area contributed by atoms with Crippen molar-refractivity contribution in [3.8, 4) is 22.0 Å². The molecule has 0 atom stereocenters. The molecule has 0 aliphatic rings. The highest BCUT2D eigenvalue weighted by Gasteiger charge is 2.34. The van der Waals surface area contributed by atoms with Gasteiger partial charge in [0.15, 0.2) is 23.0 Å². The molecule has 5 rings (SSSR count). The van der Waals surface area contributed by atoms with E-state index < -0.39 is 23.6 Å². The number of anilines is 1. The Kier molecular flexibility index (Phi) is 4.89. The third kappa shape index (κ3) is 3.93. The minimum Gasteiger partial charge on any atom is -0.318 e. The van der Waals surface area contributed by atoms with E-state index in [0.29, 0.717) is 17.2 Å². The average Bonchev–Trinajstić information content (AvgIpc) is 3.52. The molecule has 13 heteroatoms. The van der Waals surface area contributed by atoms with Gasteiger partial charge in [-0.2, -0.15) is 18.3 Å². The van der Waals surface area contributed by atoms with Crippen LogP contribution in [0.4, 0.5) is 23.2 Å². The van der Waals surface area contributed by atoms with E-state index in [4.69, 9.17) is 0 Å². The number of aromatic amines is 1. The zero-order chi connectivity index (χ0) is 23.2. The van der Waals surface area contributed by atoms with Crippen LogP contribution < -0.4 is 5.32 Å². The molecule has 8 nitrogen and oxygen atoms in total. The third-order valence-electron chi connectivity index (χ3n) is 4.60. The predicted octanol–water partition coefficient (Wildman–Crippen LogP) is 4.65. The second kappa shape index (κ2) is 7.78. The molecule has 0 aliphatic carbocycles. The van der Waals surface area contributed by atoms with Gasteiger partial charge in [-0.1, -0.05) is 30.3 Å². The number of carbonyl (C=O) groups excluding carboxylic acids is 1. The van der Waals surface area contributed by atoms with Crippen LogP contribution in [-0.2, 0) is 6.18 Å². The molecule has 0 spiro atoms. The Labute approximate surface area is 185 Å². The van der Waals surface area contributed by atoms with Gasteiger partial charge in [-0.3, -0.25) is 9.89 Å². The summed E-state index contributed by atoms with van der Waals surface area (Å²) in [5.74, 6) is -1.22. The summed E-state index contributed by atoms with van der Waals surface area (Å²) in [6.45, 7) is 0. The van der Waals surface area contributed by atoms with Crippen LogP contribution in [-0.4, -0.2) is 35.7 Å². The Morgan fingerprint density at radius 3 is 2.67 bits per heavy atom. The van der Waals surface area contributed by atoms with Crippen LogP contribution in [0.2, 0.25) is 0 Å². The lowest BCUT2D eigenvalue weighted by molar-refractivity contribution is -0.140. The van der Waals surface area contributed by atoms with E-state index in [0.717, 1.165) is 17.1 Å². The molecule has 0 aliphatic heterocycles. The van der Waals surface area contributed by atoms with Gasteiger partial charge in [0.05, 0.1) is 23.6 Å². The van der Waals surface area contributed by atoms with Crippen molar-refractivity contribution in [3.05, 3.63) is 71.4 Å². The SMILES string of the molecule is O=C(Nc1cc2nc(-c3ccccc3)nn2cc1F)c1[nH]ncc1-c1nc(C(F)(F)F)cs1. The van der Waals surface area contributed by atoms with Gasteiger partial charge in [0.2, 0.25) is 0 Å². The molecule has 0 saturated heterocycles. The van der Waals surface area contributed by atoms with Crippen molar-refractivity contribution in [2.75, 3.05) is 5.32 Å². The Bertz CT molecular complexity index is 1470. The number of fused-ring (bicyclic) bond motifs is 1. The number of H-pyrrole nitrogens is 1. The number of hydrogen-bond donors (Lipinski definition) is 2. The summed E-state index contributed by atoms with van der Waals surface area (Å²) in [6.07, 6.45) is -2.37. The maximum absolute atomic E-state index is 14.6. The number of halogens is 4. The molecule has 5 aromatic rings. The summed E-state index contributed by atoms with van der Waals surface area (Å²) in [6, 6.07) is 10.4. The minimum absolute atomic E-state index is 0.0536. The molecular formula is C20H11F4N7OS. The van der Waals surface area contributed by atoms with Gasteiger partial charge in [-0.15, -0.1) is 16.4 Å². The summed E-state index contributed by atoms with van der Waals surface area (Å²) in [5.41, 5.74) is -0.351. The van der Waals surface area contributed by atoms with Crippen molar-refractivity contribution in [2.45, 2.75) is 6.18 Å². The Morgan fingerprint density at radius 1 is 1.15 bits per heavy atom. The van der Waals surface area contributed by atoms with Crippen molar-refractivity contribution in [3.63, 3.8) is 0 Å². The maximum Gasteiger partial charge on any atom is 0.434 e. The largest absolute Gasteiger partial charge is 0.434 e. The number of alkyl halides is 3. The second-order valence-electron chi connectivity index (χ2n) is 6.79. The second-order valence-corrected chi connectivity index (χ2v) is 7.65. The van der Waals surface area contributed by atoms with Crippen LogP contribution in [0.3, 0.4) is 0 Å². The molecule has 0 bridgehead atoms. The number of pyridine rings is 1. The lowest BCUT2D eigenvalue weighted by Crippen LogP contribution is -2.15. The Hall–Kier alpha value is -4.13. The first-order valence-electron chi connectivity index (χ1n) is 9.29. The highest BCUT2D eigenvalue weighted by atomic mass is 32.1. The molecule has 1 amide bonds. The first-order chi connectivity index (χ1) is 15.8. The molecule has 4 aromatic heterocycles. The van der Waals surface area contributed by atoms with Gasteiger partial charge >= 0.3 is 6.18 Å². The molecule has 33 heavy (non-hydrogen) atoms. The highest BCUT2D eigenvalue weighted by Crippen LogP contribution is 2.34. The lowest BCUT2D eigenvalue weighted by atomic mass is 10.2. The number of rotatable bonds is 4. The van der Waals surface area contributed by atoms with Crippen molar-refractivity contribution in [1.29, 1.82) is 0 Å². The predicted molar refractivity (Wildman–Crippen MR) is 111 cm³/mol. The Balaban J connectivity index is 1.44. The topological polar surface area (TPSA) is 101 Å². The van der Waals surface area contributed by atoms with Gasteiger partial charge in [0, 0.05) is 17.0 Å². The number of amides is 1. The average molecular weight is 473 g/mol. The molecule has 4 heterocycles. The first-order valence-corrected chi connectivity index (χ1v) is 10.2. The fourth-order valence-corrected chi connectivity index (χ4v) is 3.89. The summed E-state index contributed by atoms with van der Waals surface area (Å²) in [5, 5.41) is 13.5. The fraction of sp³-hybridized carbons (Fsp3) is 0.0500. The van der Waals surface area contributed by atoms with Gasteiger partial charge in [0.1, 0.15) is 10.7 Å². The van der Waals surface area contributed by atoms with Crippen molar-refractivity contribution in [1.82, 2.24) is 29.8 Å². The van der Waals surface area contributed by atoms with E-state index in [9.17, 15) is 22.4 Å². The zero-order valence-electron chi connectivity index (χ0n) is 16.3. The summed E-state index contributed by atoms with van der Waals surface area (Å²) >= 11 is 0.711. The minimum atomic E-state index is -4.61. The van der Waals surface area contributed by atoms with E-state index in [2.05, 4.69) is 30.6 Å². The first kappa shape index (κ1) is 20.8. The normalized spacial score (nSPS) is 11.8. The van der Waals surface area contributed by atoms with Gasteiger partial charge in [0.25, 0.3) is 5.91 Å². The van der Waals surface area contributed by atoms with Gasteiger partial charge in [-0.05, 0) is 0 Å². The van der Waals surface area contributed by atoms with E-state index in [-0.39, 0.29) is 27.6 Å². The van der Waals surface area contributed by atoms with Crippen molar-refractivity contribution in [2.24, 2.45) is 0 Å².